The molecule has 0 aliphatic carbocycles. The van der Waals surface area contributed by atoms with Gasteiger partial charge in [0.25, 0.3) is 0 Å². The minimum atomic E-state index is -4.67. The molecule has 0 spiro atoms. The molecule has 0 aliphatic rings. The largest absolute Gasteiger partial charge is 0.417 e. The standard InChI is InChI=1S/C24H13F6N3O/c1-32-11-31-18-9-14(15(10-21(18)32)24(28,29)30)13-3-2-6-33-19(13)4-5-20(33)23(34)12-7-16(25)22(27)17(26)8-12/h2-11H,1H3. The van der Waals surface area contributed by atoms with Gasteiger partial charge in [0, 0.05) is 24.4 Å². The van der Waals surface area contributed by atoms with E-state index in [-0.39, 0.29) is 22.3 Å². The monoisotopic (exact) mass is 473 g/mol. The summed E-state index contributed by atoms with van der Waals surface area (Å²) in [7, 11) is 1.59. The predicted molar refractivity (Wildman–Crippen MR) is 112 cm³/mol. The Balaban J connectivity index is 1.71. The number of rotatable bonds is 3. The molecular formula is C24H13F6N3O. The number of halogens is 6. The van der Waals surface area contributed by atoms with Crippen molar-refractivity contribution in [2.75, 3.05) is 0 Å². The van der Waals surface area contributed by atoms with E-state index in [2.05, 4.69) is 4.98 Å². The van der Waals surface area contributed by atoms with Crippen molar-refractivity contribution in [2.45, 2.75) is 6.18 Å². The van der Waals surface area contributed by atoms with E-state index < -0.39 is 40.5 Å². The molecule has 34 heavy (non-hydrogen) atoms. The lowest BCUT2D eigenvalue weighted by atomic mass is 9.98. The van der Waals surface area contributed by atoms with Gasteiger partial charge in [0.05, 0.1) is 34.1 Å². The predicted octanol–water partition coefficient (Wildman–Crippen LogP) is 6.16. The third kappa shape index (κ3) is 3.33. The second-order valence-corrected chi connectivity index (χ2v) is 7.72. The smallest absolute Gasteiger partial charge is 0.334 e. The Morgan fingerprint density at radius 1 is 0.912 bits per heavy atom. The molecule has 0 unspecified atom stereocenters. The Morgan fingerprint density at radius 2 is 1.62 bits per heavy atom. The number of fused-ring (bicyclic) bond motifs is 2. The van der Waals surface area contributed by atoms with Gasteiger partial charge in [-0.15, -0.1) is 0 Å². The number of hydrogen-bond donors (Lipinski definition) is 0. The normalized spacial score (nSPS) is 12.1. The average molecular weight is 473 g/mol. The summed E-state index contributed by atoms with van der Waals surface area (Å²) < 4.78 is 85.3. The summed E-state index contributed by atoms with van der Waals surface area (Å²) in [4.78, 5) is 17.1. The Kier molecular flexibility index (Phi) is 4.78. The summed E-state index contributed by atoms with van der Waals surface area (Å²) in [6.07, 6.45) is -1.83. The molecular weight excluding hydrogens is 460 g/mol. The lowest BCUT2D eigenvalue weighted by Gasteiger charge is -2.15. The molecule has 0 amide bonds. The summed E-state index contributed by atoms with van der Waals surface area (Å²) in [5.74, 6) is -5.58. The van der Waals surface area contributed by atoms with E-state index in [1.807, 2.05) is 0 Å². The molecule has 5 rings (SSSR count). The summed E-state index contributed by atoms with van der Waals surface area (Å²) in [6.45, 7) is 0. The number of nitrogens with zero attached hydrogens (tertiary/aromatic N) is 3. The summed E-state index contributed by atoms with van der Waals surface area (Å²) in [6, 6.07) is 9.16. The first-order valence-corrected chi connectivity index (χ1v) is 9.88. The minimum absolute atomic E-state index is 0.0604. The first kappa shape index (κ1) is 21.7. The number of ketones is 1. The number of aromatic nitrogens is 3. The number of hydrogen-bond acceptors (Lipinski definition) is 2. The van der Waals surface area contributed by atoms with Gasteiger partial charge in [0.15, 0.2) is 17.5 Å². The highest BCUT2D eigenvalue weighted by Gasteiger charge is 2.35. The Morgan fingerprint density at radius 3 is 2.29 bits per heavy atom. The van der Waals surface area contributed by atoms with Crippen molar-refractivity contribution >= 4 is 22.3 Å². The van der Waals surface area contributed by atoms with Crippen LogP contribution in [0.25, 0.3) is 27.7 Å². The Labute approximate surface area is 187 Å². The van der Waals surface area contributed by atoms with Crippen LogP contribution in [0.15, 0.2) is 61.1 Å². The number of aryl methyl sites for hydroxylation is 1. The van der Waals surface area contributed by atoms with Crippen LogP contribution in [0.4, 0.5) is 26.3 Å². The second-order valence-electron chi connectivity index (χ2n) is 7.72. The zero-order valence-corrected chi connectivity index (χ0v) is 17.3. The zero-order valence-electron chi connectivity index (χ0n) is 17.3. The van der Waals surface area contributed by atoms with Crippen molar-refractivity contribution in [1.29, 1.82) is 0 Å². The van der Waals surface area contributed by atoms with Gasteiger partial charge in [-0.05, 0) is 48.0 Å². The molecule has 3 aromatic heterocycles. The van der Waals surface area contributed by atoms with Crippen LogP contribution >= 0.6 is 0 Å². The maximum absolute atomic E-state index is 14.0. The van der Waals surface area contributed by atoms with Gasteiger partial charge in [-0.2, -0.15) is 13.2 Å². The van der Waals surface area contributed by atoms with Crippen LogP contribution in [0, 0.1) is 17.5 Å². The molecule has 0 aliphatic heterocycles. The van der Waals surface area contributed by atoms with Crippen LogP contribution in [0.2, 0.25) is 0 Å². The quantitative estimate of drug-likeness (QED) is 0.179. The highest BCUT2D eigenvalue weighted by Crippen LogP contribution is 2.41. The highest BCUT2D eigenvalue weighted by atomic mass is 19.4. The second kappa shape index (κ2) is 7.47. The van der Waals surface area contributed by atoms with Crippen LogP contribution < -0.4 is 0 Å². The number of carbonyl (C=O) groups is 1. The van der Waals surface area contributed by atoms with Crippen LogP contribution in [-0.2, 0) is 13.2 Å². The molecule has 0 atom stereocenters. The first-order chi connectivity index (χ1) is 16.1. The molecule has 0 saturated heterocycles. The van der Waals surface area contributed by atoms with E-state index in [1.165, 1.54) is 51.8 Å². The average Bonchev–Trinajstić information content (AvgIpc) is 3.38. The van der Waals surface area contributed by atoms with Gasteiger partial charge < -0.3 is 8.97 Å². The number of pyridine rings is 1. The van der Waals surface area contributed by atoms with Crippen LogP contribution in [0.5, 0.6) is 0 Å². The van der Waals surface area contributed by atoms with Crippen molar-refractivity contribution in [2.24, 2.45) is 7.05 Å². The van der Waals surface area contributed by atoms with Crippen molar-refractivity contribution < 1.29 is 31.1 Å². The van der Waals surface area contributed by atoms with Crippen molar-refractivity contribution in [3.8, 4) is 11.1 Å². The third-order valence-corrected chi connectivity index (χ3v) is 5.63. The maximum Gasteiger partial charge on any atom is 0.417 e. The molecule has 0 N–H and O–H groups in total. The van der Waals surface area contributed by atoms with E-state index in [0.29, 0.717) is 23.2 Å². The Bertz CT molecular complexity index is 1590. The molecule has 0 saturated carbocycles. The summed E-state index contributed by atoms with van der Waals surface area (Å²) in [5, 5.41) is 0. The molecule has 10 heteroatoms. The van der Waals surface area contributed by atoms with Gasteiger partial charge in [-0.1, -0.05) is 6.07 Å². The first-order valence-electron chi connectivity index (χ1n) is 9.88. The molecule has 5 aromatic rings. The van der Waals surface area contributed by atoms with E-state index in [4.69, 9.17) is 0 Å². The fourth-order valence-corrected chi connectivity index (χ4v) is 4.02. The fraction of sp³-hybridized carbons (Fsp3) is 0.0833. The van der Waals surface area contributed by atoms with Gasteiger partial charge in [-0.25, -0.2) is 18.2 Å². The summed E-state index contributed by atoms with van der Waals surface area (Å²) >= 11 is 0. The highest BCUT2D eigenvalue weighted by molar-refractivity contribution is 6.09. The number of alkyl halides is 3. The van der Waals surface area contributed by atoms with Crippen LogP contribution in [-0.4, -0.2) is 19.7 Å². The molecule has 2 aromatic carbocycles. The van der Waals surface area contributed by atoms with E-state index in [0.717, 1.165) is 6.07 Å². The van der Waals surface area contributed by atoms with Gasteiger partial charge in [0.2, 0.25) is 5.78 Å². The molecule has 0 fully saturated rings. The molecule has 3 heterocycles. The molecule has 0 radical (unpaired) electrons. The third-order valence-electron chi connectivity index (χ3n) is 5.63. The number of imidazole rings is 1. The fourth-order valence-electron chi connectivity index (χ4n) is 4.02. The van der Waals surface area contributed by atoms with Crippen LogP contribution in [0.1, 0.15) is 21.6 Å². The lowest BCUT2D eigenvalue weighted by Crippen LogP contribution is -2.09. The van der Waals surface area contributed by atoms with Gasteiger partial charge >= 0.3 is 6.18 Å². The molecule has 172 valence electrons. The summed E-state index contributed by atoms with van der Waals surface area (Å²) in [5.41, 5.74) is -0.425. The molecule has 4 nitrogen and oxygen atoms in total. The van der Waals surface area contributed by atoms with E-state index in [9.17, 15) is 31.1 Å². The van der Waals surface area contributed by atoms with E-state index >= 15 is 0 Å². The SMILES string of the molecule is Cn1cnc2cc(-c3cccn4c(C(=O)c5cc(F)c(F)c(F)c5)ccc34)c(C(F)(F)F)cc21. The Hall–Kier alpha value is -4.08. The molecule has 0 bridgehead atoms. The van der Waals surface area contributed by atoms with Crippen molar-refractivity contribution in [3.05, 3.63) is 95.3 Å². The number of benzene rings is 2. The number of carbonyl (C=O) groups excluding carboxylic acids is 1. The van der Waals surface area contributed by atoms with Crippen molar-refractivity contribution in [1.82, 2.24) is 14.0 Å². The van der Waals surface area contributed by atoms with Crippen molar-refractivity contribution in [3.63, 3.8) is 0 Å². The maximum atomic E-state index is 14.0. The van der Waals surface area contributed by atoms with Gasteiger partial charge in [0.1, 0.15) is 0 Å². The topological polar surface area (TPSA) is 39.3 Å². The minimum Gasteiger partial charge on any atom is -0.334 e. The van der Waals surface area contributed by atoms with Crippen LogP contribution in [0.3, 0.4) is 0 Å². The zero-order chi connectivity index (χ0) is 24.4. The van der Waals surface area contributed by atoms with E-state index in [1.54, 1.807) is 7.05 Å². The lowest BCUT2D eigenvalue weighted by molar-refractivity contribution is -0.137. The van der Waals surface area contributed by atoms with Gasteiger partial charge in [-0.3, -0.25) is 4.79 Å².